The van der Waals surface area contributed by atoms with E-state index < -0.39 is 0 Å². The highest BCUT2D eigenvalue weighted by Crippen LogP contribution is 2.35. The van der Waals surface area contributed by atoms with Gasteiger partial charge in [-0.3, -0.25) is 0 Å². The number of fused-ring (bicyclic) bond motifs is 2. The van der Waals surface area contributed by atoms with Crippen LogP contribution in [0.3, 0.4) is 0 Å². The fourth-order valence-electron chi connectivity index (χ4n) is 4.18. The molecular weight excluding hydrogens is 420 g/mol. The van der Waals surface area contributed by atoms with Gasteiger partial charge in [-0.05, 0) is 97.4 Å². The molecule has 5 rings (SSSR count). The van der Waals surface area contributed by atoms with Crippen LogP contribution < -0.4 is 20.1 Å². The normalized spacial score (nSPS) is 10.9. The number of benzene rings is 5. The number of nitrogens with one attached hydrogen (secondary N) is 2. The SMILES string of the molecule is CCOc1ccc(Nc2cccc3cc4cccc(Nc5ccc(OCC)cc5)c4cc23)cc1. The highest BCUT2D eigenvalue weighted by atomic mass is 16.5. The highest BCUT2D eigenvalue weighted by molar-refractivity contribution is 6.08. The smallest absolute Gasteiger partial charge is 0.119 e. The summed E-state index contributed by atoms with van der Waals surface area (Å²) in [7, 11) is 0. The molecule has 0 aliphatic rings. The summed E-state index contributed by atoms with van der Waals surface area (Å²) in [5.41, 5.74) is 4.19. The van der Waals surface area contributed by atoms with Crippen molar-refractivity contribution in [3.8, 4) is 11.5 Å². The summed E-state index contributed by atoms with van der Waals surface area (Å²) >= 11 is 0. The lowest BCUT2D eigenvalue weighted by molar-refractivity contribution is 0.340. The van der Waals surface area contributed by atoms with Crippen molar-refractivity contribution in [2.24, 2.45) is 0 Å². The summed E-state index contributed by atoms with van der Waals surface area (Å²) in [6, 6.07) is 33.4. The third-order valence-corrected chi connectivity index (χ3v) is 5.77. The molecule has 0 bridgehead atoms. The highest BCUT2D eigenvalue weighted by Gasteiger charge is 2.08. The molecule has 4 nitrogen and oxygen atoms in total. The van der Waals surface area contributed by atoms with Crippen molar-refractivity contribution in [1.29, 1.82) is 0 Å². The van der Waals surface area contributed by atoms with E-state index >= 15 is 0 Å². The van der Waals surface area contributed by atoms with Crippen LogP contribution in [0.5, 0.6) is 11.5 Å². The topological polar surface area (TPSA) is 42.5 Å². The number of hydrogen-bond acceptors (Lipinski definition) is 4. The Morgan fingerprint density at radius 1 is 0.529 bits per heavy atom. The number of hydrogen-bond donors (Lipinski definition) is 2. The molecule has 5 aromatic rings. The molecule has 2 N–H and O–H groups in total. The van der Waals surface area contributed by atoms with Crippen molar-refractivity contribution in [2.75, 3.05) is 23.8 Å². The van der Waals surface area contributed by atoms with Crippen LogP contribution >= 0.6 is 0 Å². The van der Waals surface area contributed by atoms with Crippen molar-refractivity contribution in [3.05, 3.63) is 97.1 Å². The average molecular weight is 449 g/mol. The van der Waals surface area contributed by atoms with Gasteiger partial charge in [-0.1, -0.05) is 24.3 Å². The Morgan fingerprint density at radius 2 is 0.971 bits per heavy atom. The van der Waals surface area contributed by atoms with Crippen LogP contribution in [-0.2, 0) is 0 Å². The monoisotopic (exact) mass is 448 g/mol. The van der Waals surface area contributed by atoms with Gasteiger partial charge in [0.15, 0.2) is 0 Å². The Kier molecular flexibility index (Phi) is 6.21. The van der Waals surface area contributed by atoms with Crippen molar-refractivity contribution >= 4 is 44.3 Å². The molecule has 0 unspecified atom stereocenters. The van der Waals surface area contributed by atoms with E-state index in [9.17, 15) is 0 Å². The van der Waals surface area contributed by atoms with Gasteiger partial charge in [0.25, 0.3) is 0 Å². The molecule has 0 radical (unpaired) electrons. The first-order chi connectivity index (χ1) is 16.7. The van der Waals surface area contributed by atoms with Gasteiger partial charge in [-0.2, -0.15) is 0 Å². The van der Waals surface area contributed by atoms with Crippen LogP contribution in [0, 0.1) is 0 Å². The molecular formula is C30H28N2O2. The van der Waals surface area contributed by atoms with E-state index in [0.29, 0.717) is 13.2 Å². The molecule has 0 saturated heterocycles. The first-order valence-electron chi connectivity index (χ1n) is 11.7. The molecule has 0 heterocycles. The lowest BCUT2D eigenvalue weighted by Crippen LogP contribution is -1.95. The molecule has 4 heteroatoms. The second-order valence-electron chi connectivity index (χ2n) is 8.07. The van der Waals surface area contributed by atoms with E-state index in [2.05, 4.69) is 59.2 Å². The predicted molar refractivity (Wildman–Crippen MR) is 143 cm³/mol. The number of ether oxygens (including phenoxy) is 2. The van der Waals surface area contributed by atoms with Crippen molar-refractivity contribution in [3.63, 3.8) is 0 Å². The maximum atomic E-state index is 5.57. The minimum Gasteiger partial charge on any atom is -0.494 e. The fraction of sp³-hybridized carbons (Fsp3) is 0.133. The van der Waals surface area contributed by atoms with Gasteiger partial charge in [-0.25, -0.2) is 0 Å². The zero-order valence-electron chi connectivity index (χ0n) is 19.5. The van der Waals surface area contributed by atoms with Gasteiger partial charge in [0.2, 0.25) is 0 Å². The Morgan fingerprint density at radius 3 is 1.38 bits per heavy atom. The van der Waals surface area contributed by atoms with Gasteiger partial charge >= 0.3 is 0 Å². The van der Waals surface area contributed by atoms with Gasteiger partial charge in [0.05, 0.1) is 13.2 Å². The Hall–Kier alpha value is -4.18. The molecule has 0 aliphatic heterocycles. The molecule has 170 valence electrons. The third kappa shape index (κ3) is 4.62. The summed E-state index contributed by atoms with van der Waals surface area (Å²) in [6.45, 7) is 5.31. The largest absolute Gasteiger partial charge is 0.494 e. The molecule has 0 aromatic heterocycles. The van der Waals surface area contributed by atoms with Gasteiger partial charge in [-0.15, -0.1) is 0 Å². The van der Waals surface area contributed by atoms with Crippen LogP contribution in [-0.4, -0.2) is 13.2 Å². The van der Waals surface area contributed by atoms with E-state index in [1.807, 2.05) is 62.4 Å². The molecule has 0 atom stereocenters. The standard InChI is InChI=1S/C30H28N2O2/c1-3-33-25-15-11-23(12-16-25)31-29-9-5-7-21-19-22-8-6-10-30(28(22)20-27(21)29)32-24-13-17-26(18-14-24)34-4-2/h5-20,31-32H,3-4H2,1-2H3. The van der Waals surface area contributed by atoms with E-state index in [4.69, 9.17) is 9.47 Å². The Bertz CT molecular complexity index is 1300. The van der Waals surface area contributed by atoms with E-state index in [-0.39, 0.29) is 0 Å². The van der Waals surface area contributed by atoms with Crippen LogP contribution in [0.2, 0.25) is 0 Å². The van der Waals surface area contributed by atoms with E-state index in [1.54, 1.807) is 0 Å². The minimum atomic E-state index is 0.663. The van der Waals surface area contributed by atoms with Crippen LogP contribution in [0.4, 0.5) is 22.7 Å². The second-order valence-corrected chi connectivity index (χ2v) is 8.07. The van der Waals surface area contributed by atoms with Crippen molar-refractivity contribution < 1.29 is 9.47 Å². The predicted octanol–water partition coefficient (Wildman–Crippen LogP) is 8.28. The fourth-order valence-corrected chi connectivity index (χ4v) is 4.18. The third-order valence-electron chi connectivity index (χ3n) is 5.77. The molecule has 0 amide bonds. The Labute approximate surface area is 200 Å². The summed E-state index contributed by atoms with van der Waals surface area (Å²) in [4.78, 5) is 0. The number of anilines is 4. The average Bonchev–Trinajstić information content (AvgIpc) is 2.86. The summed E-state index contributed by atoms with van der Waals surface area (Å²) in [5, 5.41) is 11.9. The zero-order chi connectivity index (χ0) is 23.3. The van der Waals surface area contributed by atoms with Gasteiger partial charge in [0.1, 0.15) is 11.5 Å². The minimum absolute atomic E-state index is 0.663. The lowest BCUT2D eigenvalue weighted by atomic mass is 10.0. The zero-order valence-corrected chi connectivity index (χ0v) is 19.5. The second kappa shape index (κ2) is 9.75. The molecule has 34 heavy (non-hydrogen) atoms. The van der Waals surface area contributed by atoms with Gasteiger partial charge < -0.3 is 20.1 Å². The Balaban J connectivity index is 1.50. The maximum Gasteiger partial charge on any atom is 0.119 e. The molecule has 0 spiro atoms. The van der Waals surface area contributed by atoms with Crippen LogP contribution in [0.1, 0.15) is 13.8 Å². The first-order valence-corrected chi connectivity index (χ1v) is 11.7. The summed E-state index contributed by atoms with van der Waals surface area (Å²) in [5.74, 6) is 1.75. The van der Waals surface area contributed by atoms with Crippen molar-refractivity contribution in [2.45, 2.75) is 13.8 Å². The molecule has 0 aliphatic carbocycles. The maximum absolute atomic E-state index is 5.57. The van der Waals surface area contributed by atoms with E-state index in [1.165, 1.54) is 21.5 Å². The molecule has 0 saturated carbocycles. The van der Waals surface area contributed by atoms with Crippen LogP contribution in [0.25, 0.3) is 21.5 Å². The quantitative estimate of drug-likeness (QED) is 0.234. The summed E-state index contributed by atoms with van der Waals surface area (Å²) in [6.07, 6.45) is 0. The van der Waals surface area contributed by atoms with Crippen molar-refractivity contribution in [1.82, 2.24) is 0 Å². The first kappa shape index (κ1) is 21.7. The lowest BCUT2D eigenvalue weighted by Gasteiger charge is -2.14. The van der Waals surface area contributed by atoms with Crippen LogP contribution in [0.15, 0.2) is 97.1 Å². The number of rotatable bonds is 8. The molecule has 0 fully saturated rings. The summed E-state index contributed by atoms with van der Waals surface area (Å²) < 4.78 is 11.1. The van der Waals surface area contributed by atoms with Gasteiger partial charge in [0, 0.05) is 33.5 Å². The van der Waals surface area contributed by atoms with E-state index in [0.717, 1.165) is 34.2 Å². The molecule has 5 aromatic carbocycles.